The van der Waals surface area contributed by atoms with E-state index in [-0.39, 0.29) is 11.7 Å². The van der Waals surface area contributed by atoms with Crippen molar-refractivity contribution in [2.75, 3.05) is 17.3 Å². The highest BCUT2D eigenvalue weighted by molar-refractivity contribution is 9.10. The lowest BCUT2D eigenvalue weighted by molar-refractivity contribution is 0.0984. The lowest BCUT2D eigenvalue weighted by Gasteiger charge is -2.15. The topological polar surface area (TPSA) is 71.8 Å². The molecule has 0 bridgehead atoms. The minimum atomic E-state index is -0.408. The first kappa shape index (κ1) is 16.4. The highest BCUT2D eigenvalue weighted by Crippen LogP contribution is 2.38. The molecule has 2 aromatic carbocycles. The Labute approximate surface area is 157 Å². The summed E-state index contributed by atoms with van der Waals surface area (Å²) in [6, 6.07) is 15.4. The zero-order valence-electron chi connectivity index (χ0n) is 13.7. The van der Waals surface area contributed by atoms with E-state index in [0.717, 1.165) is 0 Å². The summed E-state index contributed by atoms with van der Waals surface area (Å²) in [5.74, 6) is 0.569. The van der Waals surface area contributed by atoms with E-state index in [1.54, 1.807) is 43.4 Å². The fourth-order valence-electron chi connectivity index (χ4n) is 2.72. The van der Waals surface area contributed by atoms with Gasteiger partial charge < -0.3 is 19.4 Å². The lowest BCUT2D eigenvalue weighted by atomic mass is 10.1. The molecule has 0 spiro atoms. The summed E-state index contributed by atoms with van der Waals surface area (Å²) >= 11 is 3.16. The summed E-state index contributed by atoms with van der Waals surface area (Å²) < 4.78 is 11.6. The van der Waals surface area contributed by atoms with Crippen LogP contribution in [0.25, 0.3) is 0 Å². The van der Waals surface area contributed by atoms with E-state index in [2.05, 4.69) is 21.2 Å². The molecule has 0 saturated heterocycles. The van der Waals surface area contributed by atoms with Crippen molar-refractivity contribution in [3.05, 3.63) is 70.6 Å². The predicted octanol–water partition coefficient (Wildman–Crippen LogP) is 4.68. The van der Waals surface area contributed by atoms with Gasteiger partial charge in [-0.15, -0.1) is 0 Å². The molecule has 0 atom stereocenters. The molecule has 1 aromatic heterocycles. The van der Waals surface area contributed by atoms with Crippen LogP contribution in [0.2, 0.25) is 0 Å². The fraction of sp³-hybridized carbons (Fsp3) is 0.0526. The van der Waals surface area contributed by atoms with Crippen LogP contribution in [0.15, 0.2) is 63.7 Å². The van der Waals surface area contributed by atoms with Crippen molar-refractivity contribution in [3.63, 3.8) is 0 Å². The van der Waals surface area contributed by atoms with Crippen LogP contribution in [0.1, 0.15) is 20.9 Å². The van der Waals surface area contributed by atoms with Crippen molar-refractivity contribution < 1.29 is 18.7 Å². The van der Waals surface area contributed by atoms with Gasteiger partial charge in [0.2, 0.25) is 0 Å². The molecule has 1 N–H and O–H groups in total. The zero-order valence-corrected chi connectivity index (χ0v) is 15.2. The summed E-state index contributed by atoms with van der Waals surface area (Å²) in [5.41, 5.74) is 1.51. The van der Waals surface area contributed by atoms with E-state index in [1.807, 2.05) is 18.2 Å². The fourth-order valence-corrected chi connectivity index (χ4v) is 3.03. The zero-order chi connectivity index (χ0) is 18.3. The Hall–Kier alpha value is -3.06. The maximum atomic E-state index is 12.8. The first-order valence-corrected chi connectivity index (χ1v) is 8.58. The van der Waals surface area contributed by atoms with Crippen LogP contribution < -0.4 is 15.0 Å². The van der Waals surface area contributed by atoms with Gasteiger partial charge in [0.1, 0.15) is 5.75 Å². The molecule has 2 amide bonds. The van der Waals surface area contributed by atoms with E-state index in [0.29, 0.717) is 33.1 Å². The van der Waals surface area contributed by atoms with Gasteiger partial charge in [-0.1, -0.05) is 12.1 Å². The molecular weight excluding hydrogens is 400 g/mol. The number of para-hydroxylation sites is 2. The van der Waals surface area contributed by atoms with E-state index in [1.165, 1.54) is 4.90 Å². The Balaban J connectivity index is 1.67. The minimum Gasteiger partial charge on any atom is -0.454 e. The second kappa shape index (κ2) is 6.34. The van der Waals surface area contributed by atoms with Crippen molar-refractivity contribution in [1.82, 2.24) is 0 Å². The van der Waals surface area contributed by atoms with Crippen LogP contribution in [0.5, 0.6) is 11.5 Å². The monoisotopic (exact) mass is 412 g/mol. The van der Waals surface area contributed by atoms with E-state index >= 15 is 0 Å². The van der Waals surface area contributed by atoms with Gasteiger partial charge in [0.05, 0.1) is 11.3 Å². The Morgan fingerprint density at radius 3 is 2.65 bits per heavy atom. The largest absolute Gasteiger partial charge is 0.454 e. The Bertz CT molecular complexity index is 1030. The second-order valence-corrected chi connectivity index (χ2v) is 6.48. The average molecular weight is 413 g/mol. The number of hydrogen-bond donors (Lipinski definition) is 1. The number of nitrogens with zero attached hydrogens (tertiary/aromatic N) is 1. The van der Waals surface area contributed by atoms with Crippen molar-refractivity contribution in [1.29, 1.82) is 0 Å². The molecule has 0 fully saturated rings. The number of fused-ring (bicyclic) bond motifs is 2. The smallest absolute Gasteiger partial charge is 0.291 e. The van der Waals surface area contributed by atoms with Gasteiger partial charge in [-0.05, 0) is 58.4 Å². The number of carbonyl (C=O) groups excluding carboxylic acids is 2. The van der Waals surface area contributed by atoms with Gasteiger partial charge >= 0.3 is 0 Å². The summed E-state index contributed by atoms with van der Waals surface area (Å²) in [5, 5.41) is 2.72. The molecular formula is C19H13BrN2O4. The number of furan rings is 1. The van der Waals surface area contributed by atoms with Crippen molar-refractivity contribution in [2.24, 2.45) is 0 Å². The molecule has 2 heterocycles. The van der Waals surface area contributed by atoms with Crippen LogP contribution in [-0.2, 0) is 0 Å². The molecule has 1 aliphatic rings. The van der Waals surface area contributed by atoms with E-state index in [9.17, 15) is 9.59 Å². The third-order valence-corrected chi connectivity index (χ3v) is 4.44. The normalized spacial score (nSPS) is 12.7. The van der Waals surface area contributed by atoms with Crippen LogP contribution in [0.4, 0.5) is 11.4 Å². The molecule has 0 radical (unpaired) electrons. The Kier molecular flexibility index (Phi) is 4.00. The van der Waals surface area contributed by atoms with Crippen LogP contribution in [0.3, 0.4) is 0 Å². The third kappa shape index (κ3) is 2.86. The summed E-state index contributed by atoms with van der Waals surface area (Å²) in [7, 11) is 1.69. The highest BCUT2D eigenvalue weighted by atomic mass is 79.9. The number of hydrogen-bond acceptors (Lipinski definition) is 4. The molecule has 0 saturated carbocycles. The molecule has 7 heteroatoms. The standard InChI is InChI=1S/C19H13BrN2O4/c1-22-13-4-2-3-5-15(13)25-14-7-6-11(10-12(14)19(22)24)21-18(23)16-8-9-17(20)26-16/h2-10H,1H3,(H,21,23). The van der Waals surface area contributed by atoms with Crippen molar-refractivity contribution in [3.8, 4) is 11.5 Å². The molecule has 3 aromatic rings. The maximum absolute atomic E-state index is 12.8. The Morgan fingerprint density at radius 2 is 1.88 bits per heavy atom. The Morgan fingerprint density at radius 1 is 1.08 bits per heavy atom. The molecule has 26 heavy (non-hydrogen) atoms. The number of rotatable bonds is 2. The van der Waals surface area contributed by atoms with Gasteiger partial charge in [0.15, 0.2) is 16.2 Å². The maximum Gasteiger partial charge on any atom is 0.291 e. The quantitative estimate of drug-likeness (QED) is 0.663. The summed E-state index contributed by atoms with van der Waals surface area (Å²) in [6.07, 6.45) is 0. The molecule has 0 aliphatic carbocycles. The van der Waals surface area contributed by atoms with Crippen molar-refractivity contribution >= 4 is 39.1 Å². The van der Waals surface area contributed by atoms with Gasteiger partial charge in [0, 0.05) is 12.7 Å². The molecule has 0 unspecified atom stereocenters. The average Bonchev–Trinajstić information content (AvgIpc) is 3.05. The second-order valence-electron chi connectivity index (χ2n) is 5.70. The van der Waals surface area contributed by atoms with E-state index < -0.39 is 5.91 Å². The van der Waals surface area contributed by atoms with Crippen LogP contribution in [0, 0.1) is 0 Å². The third-order valence-electron chi connectivity index (χ3n) is 4.02. The predicted molar refractivity (Wildman–Crippen MR) is 100 cm³/mol. The molecule has 4 rings (SSSR count). The van der Waals surface area contributed by atoms with E-state index in [4.69, 9.17) is 9.15 Å². The number of halogens is 1. The summed E-state index contributed by atoms with van der Waals surface area (Å²) in [4.78, 5) is 26.6. The lowest BCUT2D eigenvalue weighted by Crippen LogP contribution is -2.25. The molecule has 6 nitrogen and oxygen atoms in total. The number of anilines is 2. The molecule has 130 valence electrons. The SMILES string of the molecule is CN1C(=O)c2cc(NC(=O)c3ccc(Br)o3)ccc2Oc2ccccc21. The van der Waals surface area contributed by atoms with Gasteiger partial charge in [0.25, 0.3) is 11.8 Å². The first-order chi connectivity index (χ1) is 12.5. The van der Waals surface area contributed by atoms with Gasteiger partial charge in [-0.3, -0.25) is 9.59 Å². The number of ether oxygens (including phenoxy) is 1. The van der Waals surface area contributed by atoms with Crippen molar-refractivity contribution in [2.45, 2.75) is 0 Å². The number of nitrogens with one attached hydrogen (secondary N) is 1. The van der Waals surface area contributed by atoms with Gasteiger partial charge in [-0.2, -0.15) is 0 Å². The highest BCUT2D eigenvalue weighted by Gasteiger charge is 2.26. The first-order valence-electron chi connectivity index (χ1n) is 7.78. The van der Waals surface area contributed by atoms with Crippen LogP contribution in [-0.4, -0.2) is 18.9 Å². The van der Waals surface area contributed by atoms with Crippen LogP contribution >= 0.6 is 15.9 Å². The number of benzene rings is 2. The number of carbonyl (C=O) groups is 2. The minimum absolute atomic E-state index is 0.166. The molecule has 1 aliphatic heterocycles. The summed E-state index contributed by atoms with van der Waals surface area (Å²) in [6.45, 7) is 0. The number of amides is 2. The van der Waals surface area contributed by atoms with Gasteiger partial charge in [-0.25, -0.2) is 0 Å².